The lowest BCUT2D eigenvalue weighted by Gasteiger charge is -2.18. The van der Waals surface area contributed by atoms with Gasteiger partial charge in [-0.2, -0.15) is 0 Å². The van der Waals surface area contributed by atoms with Gasteiger partial charge in [-0.1, -0.05) is 13.0 Å². The molecule has 2 heterocycles. The molecule has 0 saturated carbocycles. The Balaban J connectivity index is 1.66. The topological polar surface area (TPSA) is 37.4 Å². The Morgan fingerprint density at radius 1 is 1.38 bits per heavy atom. The number of ether oxygens (including phenoxy) is 1. The lowest BCUT2D eigenvalue weighted by atomic mass is 10.1. The molecule has 1 unspecified atom stereocenters. The van der Waals surface area contributed by atoms with Gasteiger partial charge in [-0.15, -0.1) is 0 Å². The highest BCUT2D eigenvalue weighted by Crippen LogP contribution is 2.17. The van der Waals surface area contributed by atoms with Crippen LogP contribution < -0.4 is 5.32 Å². The van der Waals surface area contributed by atoms with Crippen molar-refractivity contribution in [3.05, 3.63) is 29.6 Å². The summed E-state index contributed by atoms with van der Waals surface area (Å²) in [4.78, 5) is 7.08. The van der Waals surface area contributed by atoms with Gasteiger partial charge < -0.3 is 15.0 Å². The van der Waals surface area contributed by atoms with Crippen LogP contribution in [0.1, 0.15) is 44.0 Å². The van der Waals surface area contributed by atoms with Crippen molar-refractivity contribution in [3.63, 3.8) is 0 Å². The van der Waals surface area contributed by atoms with Crippen molar-refractivity contribution in [1.29, 1.82) is 0 Å². The first kappa shape index (κ1) is 16.4. The van der Waals surface area contributed by atoms with Crippen LogP contribution in [-0.4, -0.2) is 42.7 Å². The first-order valence-corrected chi connectivity index (χ1v) is 8.23. The molecule has 1 saturated heterocycles. The molecular weight excluding hydrogens is 262 g/mol. The molecule has 0 aromatic carbocycles. The Labute approximate surface area is 128 Å². The van der Waals surface area contributed by atoms with Gasteiger partial charge in [-0.3, -0.25) is 4.98 Å². The summed E-state index contributed by atoms with van der Waals surface area (Å²) in [6.45, 7) is 6.74. The number of nitrogens with zero attached hydrogens (tertiary/aromatic N) is 2. The summed E-state index contributed by atoms with van der Waals surface area (Å²) in [7, 11) is 2.21. The number of nitrogens with one attached hydrogen (secondary N) is 1. The molecule has 0 bridgehead atoms. The third-order valence-electron chi connectivity index (χ3n) is 4.11. The summed E-state index contributed by atoms with van der Waals surface area (Å²) < 4.78 is 5.80. The van der Waals surface area contributed by atoms with Crippen molar-refractivity contribution in [2.24, 2.45) is 0 Å². The Morgan fingerprint density at radius 3 is 3.00 bits per heavy atom. The van der Waals surface area contributed by atoms with Gasteiger partial charge in [0.1, 0.15) is 0 Å². The fourth-order valence-corrected chi connectivity index (χ4v) is 2.84. The molecule has 4 nitrogen and oxygen atoms in total. The van der Waals surface area contributed by atoms with Gasteiger partial charge in [-0.05, 0) is 58.0 Å². The number of likely N-dealkylation sites (tertiary alicyclic amines) is 1. The highest BCUT2D eigenvalue weighted by atomic mass is 16.5. The lowest BCUT2D eigenvalue weighted by molar-refractivity contribution is 0.0992. The molecule has 4 heteroatoms. The predicted octanol–water partition coefficient (Wildman–Crippen LogP) is 2.58. The average molecular weight is 291 g/mol. The molecule has 1 aliphatic rings. The van der Waals surface area contributed by atoms with Crippen molar-refractivity contribution in [2.45, 2.75) is 51.8 Å². The third-order valence-corrected chi connectivity index (χ3v) is 4.11. The fraction of sp³-hybridized carbons (Fsp3) is 0.706. The smallest absolute Gasteiger partial charge is 0.0887 e. The maximum atomic E-state index is 5.80. The van der Waals surface area contributed by atoms with Gasteiger partial charge in [0.2, 0.25) is 0 Å². The van der Waals surface area contributed by atoms with Crippen molar-refractivity contribution >= 4 is 0 Å². The highest BCUT2D eigenvalue weighted by Gasteiger charge is 2.19. The zero-order valence-electron chi connectivity index (χ0n) is 13.5. The Kier molecular flexibility index (Phi) is 7.13. The first-order chi connectivity index (χ1) is 10.3. The molecular formula is C17H29N3O. The van der Waals surface area contributed by atoms with E-state index in [1.807, 2.05) is 6.07 Å². The van der Waals surface area contributed by atoms with Gasteiger partial charge in [0.05, 0.1) is 18.0 Å². The summed E-state index contributed by atoms with van der Waals surface area (Å²) in [6, 6.07) is 6.90. The van der Waals surface area contributed by atoms with Gasteiger partial charge in [0, 0.05) is 19.2 Å². The SMILES string of the molecule is CCCNCc1cccc(COCCC2CCCN2C)n1. The van der Waals surface area contributed by atoms with E-state index >= 15 is 0 Å². The number of pyridine rings is 1. The van der Waals surface area contributed by atoms with Crippen molar-refractivity contribution in [1.82, 2.24) is 15.2 Å². The molecule has 1 aliphatic heterocycles. The van der Waals surface area contributed by atoms with E-state index in [2.05, 4.69) is 41.3 Å². The number of rotatable bonds is 9. The monoisotopic (exact) mass is 291 g/mol. The Morgan fingerprint density at radius 2 is 2.24 bits per heavy atom. The van der Waals surface area contributed by atoms with E-state index in [-0.39, 0.29) is 0 Å². The van der Waals surface area contributed by atoms with E-state index < -0.39 is 0 Å². The van der Waals surface area contributed by atoms with Crippen molar-refractivity contribution in [3.8, 4) is 0 Å². The molecule has 21 heavy (non-hydrogen) atoms. The molecule has 0 amide bonds. The number of hydrogen-bond acceptors (Lipinski definition) is 4. The molecule has 0 spiro atoms. The van der Waals surface area contributed by atoms with E-state index in [1.54, 1.807) is 0 Å². The van der Waals surface area contributed by atoms with Gasteiger partial charge in [-0.25, -0.2) is 0 Å². The second-order valence-electron chi connectivity index (χ2n) is 5.91. The second-order valence-corrected chi connectivity index (χ2v) is 5.91. The van der Waals surface area contributed by atoms with Crippen LogP contribution in [0.3, 0.4) is 0 Å². The van der Waals surface area contributed by atoms with Gasteiger partial charge in [0.25, 0.3) is 0 Å². The van der Waals surface area contributed by atoms with E-state index in [0.29, 0.717) is 12.6 Å². The second kappa shape index (κ2) is 9.13. The summed E-state index contributed by atoms with van der Waals surface area (Å²) >= 11 is 0. The number of aromatic nitrogens is 1. The molecule has 1 aromatic heterocycles. The Hall–Kier alpha value is -0.970. The van der Waals surface area contributed by atoms with Crippen LogP contribution in [-0.2, 0) is 17.9 Å². The van der Waals surface area contributed by atoms with Crippen LogP contribution in [0.15, 0.2) is 18.2 Å². The van der Waals surface area contributed by atoms with Crippen LogP contribution in [0.4, 0.5) is 0 Å². The quantitative estimate of drug-likeness (QED) is 0.710. The summed E-state index contributed by atoms with van der Waals surface area (Å²) in [5.74, 6) is 0. The molecule has 2 rings (SSSR count). The van der Waals surface area contributed by atoms with E-state index in [9.17, 15) is 0 Å². The molecule has 1 atom stereocenters. The van der Waals surface area contributed by atoms with E-state index in [4.69, 9.17) is 4.74 Å². The highest BCUT2D eigenvalue weighted by molar-refractivity contribution is 5.10. The van der Waals surface area contributed by atoms with E-state index in [1.165, 1.54) is 19.4 Å². The third kappa shape index (κ3) is 5.73. The standard InChI is InChI=1S/C17H29N3O/c1-3-10-18-13-15-6-4-7-16(19-15)14-21-12-9-17-8-5-11-20(17)2/h4,6-7,17-18H,3,5,8-14H2,1-2H3. The lowest BCUT2D eigenvalue weighted by Crippen LogP contribution is -2.26. The minimum absolute atomic E-state index is 0.623. The zero-order chi connectivity index (χ0) is 14.9. The molecule has 0 aliphatic carbocycles. The first-order valence-electron chi connectivity index (χ1n) is 8.23. The zero-order valence-corrected chi connectivity index (χ0v) is 13.5. The molecule has 0 radical (unpaired) electrons. The molecule has 118 valence electrons. The minimum Gasteiger partial charge on any atom is -0.375 e. The predicted molar refractivity (Wildman–Crippen MR) is 86.2 cm³/mol. The Bertz CT molecular complexity index is 411. The van der Waals surface area contributed by atoms with Crippen LogP contribution in [0.5, 0.6) is 0 Å². The van der Waals surface area contributed by atoms with Gasteiger partial charge >= 0.3 is 0 Å². The average Bonchev–Trinajstić information content (AvgIpc) is 2.90. The van der Waals surface area contributed by atoms with Gasteiger partial charge in [0.15, 0.2) is 0 Å². The maximum absolute atomic E-state index is 5.80. The van der Waals surface area contributed by atoms with Crippen molar-refractivity contribution < 1.29 is 4.74 Å². The minimum atomic E-state index is 0.623. The summed E-state index contributed by atoms with van der Waals surface area (Å²) in [5.41, 5.74) is 2.13. The van der Waals surface area contributed by atoms with Crippen LogP contribution in [0, 0.1) is 0 Å². The normalized spacial score (nSPS) is 19.2. The fourth-order valence-electron chi connectivity index (χ4n) is 2.84. The summed E-state index contributed by atoms with van der Waals surface area (Å²) in [5, 5.41) is 3.38. The van der Waals surface area contributed by atoms with Crippen LogP contribution >= 0.6 is 0 Å². The number of hydrogen-bond donors (Lipinski definition) is 1. The molecule has 1 aromatic rings. The molecule has 1 fully saturated rings. The van der Waals surface area contributed by atoms with Crippen LogP contribution in [0.2, 0.25) is 0 Å². The van der Waals surface area contributed by atoms with Crippen LogP contribution in [0.25, 0.3) is 0 Å². The van der Waals surface area contributed by atoms with Crippen molar-refractivity contribution in [2.75, 3.05) is 26.7 Å². The van der Waals surface area contributed by atoms with E-state index in [0.717, 1.165) is 43.9 Å². The summed E-state index contributed by atoms with van der Waals surface area (Å²) in [6.07, 6.45) is 4.93. The largest absolute Gasteiger partial charge is 0.375 e. The molecule has 1 N–H and O–H groups in total. The maximum Gasteiger partial charge on any atom is 0.0887 e.